The van der Waals surface area contributed by atoms with Crippen LogP contribution in [-0.2, 0) is 4.74 Å². The van der Waals surface area contributed by atoms with Gasteiger partial charge in [0.25, 0.3) is 0 Å². The largest absolute Gasteiger partial charge is 0.502 e. The van der Waals surface area contributed by atoms with Crippen LogP contribution in [0.25, 0.3) is 0 Å². The van der Waals surface area contributed by atoms with Crippen LogP contribution < -0.4 is 11.4 Å². The maximum Gasteiger partial charge on any atom is 0.351 e. The van der Waals surface area contributed by atoms with Crippen molar-refractivity contribution in [1.29, 1.82) is 0 Å². The molecule has 0 aromatic carbocycles. The SMILES string of the molecule is C=C=C(O)[C@H]1O[C@@H](n2ccc(N)nc2=O)[C@H](O)[C@@H]1O. The van der Waals surface area contributed by atoms with Gasteiger partial charge >= 0.3 is 5.69 Å². The minimum Gasteiger partial charge on any atom is -0.502 e. The van der Waals surface area contributed by atoms with Crippen molar-refractivity contribution >= 4 is 5.82 Å². The second kappa shape index (κ2) is 4.87. The standard InChI is InChI=1S/C11H13N3O5/c1-2-5(15)9-7(16)8(17)10(19-9)14-4-3-6(12)13-11(14)18/h3-4,7-10,15-17H,1H2,(H2,12,13,18)/t7-,8+,9+,10+/m0/s1. The van der Waals surface area contributed by atoms with E-state index in [0.717, 1.165) is 4.57 Å². The summed E-state index contributed by atoms with van der Waals surface area (Å²) in [7, 11) is 0. The Hall–Kier alpha value is -2.12. The van der Waals surface area contributed by atoms with Gasteiger partial charge < -0.3 is 25.8 Å². The third-order valence-electron chi connectivity index (χ3n) is 2.81. The molecule has 0 bridgehead atoms. The Kier molecular flexibility index (Phi) is 3.41. The number of rotatable bonds is 2. The first-order valence-corrected chi connectivity index (χ1v) is 5.41. The van der Waals surface area contributed by atoms with Gasteiger partial charge in [0.1, 0.15) is 18.0 Å². The van der Waals surface area contributed by atoms with Crippen LogP contribution in [-0.4, -0.2) is 43.2 Å². The lowest BCUT2D eigenvalue weighted by molar-refractivity contribution is -0.0387. The highest BCUT2D eigenvalue weighted by Crippen LogP contribution is 2.30. The summed E-state index contributed by atoms with van der Waals surface area (Å²) in [5.74, 6) is -0.426. The van der Waals surface area contributed by atoms with Gasteiger partial charge in [-0.25, -0.2) is 4.79 Å². The van der Waals surface area contributed by atoms with Gasteiger partial charge in [-0.3, -0.25) is 4.57 Å². The van der Waals surface area contributed by atoms with Crippen molar-refractivity contribution in [3.8, 4) is 0 Å². The molecule has 4 atom stereocenters. The zero-order chi connectivity index (χ0) is 14.2. The summed E-state index contributed by atoms with van der Waals surface area (Å²) >= 11 is 0. The molecule has 5 N–H and O–H groups in total. The molecule has 8 nitrogen and oxygen atoms in total. The second-order valence-electron chi connectivity index (χ2n) is 4.03. The van der Waals surface area contributed by atoms with Crippen LogP contribution >= 0.6 is 0 Å². The van der Waals surface area contributed by atoms with Gasteiger partial charge in [0.15, 0.2) is 18.1 Å². The molecule has 0 amide bonds. The molecular weight excluding hydrogens is 254 g/mol. The Morgan fingerprint density at radius 2 is 2.21 bits per heavy atom. The minimum absolute atomic E-state index is 0.0275. The van der Waals surface area contributed by atoms with E-state index in [1.165, 1.54) is 12.3 Å². The molecular formula is C11H13N3O5. The average Bonchev–Trinajstić information content (AvgIpc) is 2.66. The first-order chi connectivity index (χ1) is 8.95. The van der Waals surface area contributed by atoms with Crippen molar-refractivity contribution in [2.45, 2.75) is 24.5 Å². The molecule has 0 aliphatic carbocycles. The molecule has 1 aliphatic heterocycles. The molecule has 1 fully saturated rings. The van der Waals surface area contributed by atoms with Crippen molar-refractivity contribution in [3.63, 3.8) is 0 Å². The number of anilines is 1. The van der Waals surface area contributed by atoms with Crippen LogP contribution in [0.1, 0.15) is 6.23 Å². The van der Waals surface area contributed by atoms with Gasteiger partial charge in [-0.15, -0.1) is 0 Å². The van der Waals surface area contributed by atoms with E-state index in [-0.39, 0.29) is 5.82 Å². The first-order valence-electron chi connectivity index (χ1n) is 5.41. The fourth-order valence-electron chi connectivity index (χ4n) is 1.84. The Morgan fingerprint density at radius 1 is 1.53 bits per heavy atom. The first kappa shape index (κ1) is 13.3. The average molecular weight is 267 g/mol. The summed E-state index contributed by atoms with van der Waals surface area (Å²) < 4.78 is 6.21. The summed E-state index contributed by atoms with van der Waals surface area (Å²) in [4.78, 5) is 15.1. The van der Waals surface area contributed by atoms with Gasteiger partial charge in [-0.2, -0.15) is 4.98 Å². The Morgan fingerprint density at radius 3 is 2.79 bits per heavy atom. The molecule has 1 aromatic heterocycles. The zero-order valence-corrected chi connectivity index (χ0v) is 9.80. The number of nitrogens with two attached hydrogens (primary N) is 1. The van der Waals surface area contributed by atoms with Gasteiger partial charge in [0, 0.05) is 6.20 Å². The number of aliphatic hydroxyl groups excluding tert-OH is 3. The number of nitrogen functional groups attached to an aromatic ring is 1. The van der Waals surface area contributed by atoms with E-state index in [2.05, 4.69) is 17.3 Å². The number of aromatic nitrogens is 2. The van der Waals surface area contributed by atoms with Crippen LogP contribution in [0.5, 0.6) is 0 Å². The normalized spacial score (nSPS) is 30.0. The van der Waals surface area contributed by atoms with Crippen LogP contribution in [0.4, 0.5) is 5.82 Å². The van der Waals surface area contributed by atoms with Crippen LogP contribution in [0.3, 0.4) is 0 Å². The van der Waals surface area contributed by atoms with E-state index >= 15 is 0 Å². The molecule has 0 saturated carbocycles. The third-order valence-corrected chi connectivity index (χ3v) is 2.81. The molecule has 1 aromatic rings. The fourth-order valence-corrected chi connectivity index (χ4v) is 1.84. The molecule has 0 unspecified atom stereocenters. The summed E-state index contributed by atoms with van der Waals surface area (Å²) in [5, 5.41) is 29.1. The number of nitrogens with zero attached hydrogens (tertiary/aromatic N) is 2. The highest BCUT2D eigenvalue weighted by atomic mass is 16.6. The molecule has 19 heavy (non-hydrogen) atoms. The zero-order valence-electron chi connectivity index (χ0n) is 9.80. The van der Waals surface area contributed by atoms with Crippen molar-refractivity contribution in [2.75, 3.05) is 5.73 Å². The van der Waals surface area contributed by atoms with Gasteiger partial charge in [0.2, 0.25) is 0 Å². The number of aliphatic hydroxyl groups is 3. The van der Waals surface area contributed by atoms with Crippen molar-refractivity contribution < 1.29 is 20.1 Å². The van der Waals surface area contributed by atoms with Gasteiger partial charge in [-0.05, 0) is 6.07 Å². The highest BCUT2D eigenvalue weighted by molar-refractivity contribution is 5.23. The minimum atomic E-state index is -1.41. The number of ether oxygens (including phenoxy) is 1. The molecule has 1 aliphatic rings. The third kappa shape index (κ3) is 2.25. The lowest BCUT2D eigenvalue weighted by Gasteiger charge is -2.16. The van der Waals surface area contributed by atoms with Crippen molar-refractivity contribution in [3.05, 3.63) is 40.8 Å². The summed E-state index contributed by atoms with van der Waals surface area (Å²) in [6.45, 7) is 3.21. The van der Waals surface area contributed by atoms with Crippen molar-refractivity contribution in [2.24, 2.45) is 0 Å². The van der Waals surface area contributed by atoms with E-state index < -0.39 is 36.0 Å². The van der Waals surface area contributed by atoms with E-state index in [1.807, 2.05) is 0 Å². The fraction of sp³-hybridized carbons (Fsp3) is 0.364. The lowest BCUT2D eigenvalue weighted by Crippen LogP contribution is -2.35. The summed E-state index contributed by atoms with van der Waals surface area (Å²) in [6.07, 6.45) is -3.94. The van der Waals surface area contributed by atoms with E-state index in [9.17, 15) is 20.1 Å². The lowest BCUT2D eigenvalue weighted by atomic mass is 10.1. The molecule has 0 spiro atoms. The quantitative estimate of drug-likeness (QED) is 0.385. The van der Waals surface area contributed by atoms with E-state index in [0.29, 0.717) is 0 Å². The van der Waals surface area contributed by atoms with E-state index in [1.54, 1.807) is 0 Å². The molecule has 2 rings (SSSR count). The molecule has 8 heteroatoms. The Balaban J connectivity index is 2.37. The monoisotopic (exact) mass is 267 g/mol. The Bertz CT molecular complexity index is 592. The van der Waals surface area contributed by atoms with Crippen LogP contribution in [0, 0.1) is 0 Å². The maximum absolute atomic E-state index is 11.6. The molecule has 1 saturated heterocycles. The summed E-state index contributed by atoms with van der Waals surface area (Å²) in [5.41, 5.74) is 6.77. The highest BCUT2D eigenvalue weighted by Gasteiger charge is 2.46. The van der Waals surface area contributed by atoms with Crippen LogP contribution in [0.15, 0.2) is 35.1 Å². The van der Waals surface area contributed by atoms with Gasteiger partial charge in [0.05, 0.1) is 0 Å². The predicted octanol–water partition coefficient (Wildman–Crippen LogP) is -1.33. The smallest absolute Gasteiger partial charge is 0.351 e. The molecule has 102 valence electrons. The van der Waals surface area contributed by atoms with Crippen LogP contribution in [0.2, 0.25) is 0 Å². The van der Waals surface area contributed by atoms with Gasteiger partial charge in [-0.1, -0.05) is 12.3 Å². The maximum atomic E-state index is 11.6. The molecule has 0 radical (unpaired) electrons. The second-order valence-corrected chi connectivity index (χ2v) is 4.03. The topological polar surface area (TPSA) is 131 Å². The predicted molar refractivity (Wildman–Crippen MR) is 64.1 cm³/mol. The number of hydrogen-bond acceptors (Lipinski definition) is 7. The van der Waals surface area contributed by atoms with Crippen molar-refractivity contribution in [1.82, 2.24) is 9.55 Å². The molecule has 2 heterocycles. The summed E-state index contributed by atoms with van der Waals surface area (Å²) in [6, 6.07) is 1.35. The Labute approximate surface area is 107 Å². The van der Waals surface area contributed by atoms with E-state index in [4.69, 9.17) is 10.5 Å². The number of hydrogen-bond donors (Lipinski definition) is 4.